The molecule has 5 heteroatoms. The van der Waals surface area contributed by atoms with E-state index in [1.165, 1.54) is 0 Å². The quantitative estimate of drug-likeness (QED) is 0.746. The standard InChI is InChI=1S/C11H9BrF3N/c12-9-3-1-7(2-4-9)10-5-8(6-16-10)11(13,14)15/h1-4,8H,5-6H2/t8-/m0/s1. The van der Waals surface area contributed by atoms with Crippen molar-refractivity contribution in [3.8, 4) is 0 Å². The van der Waals surface area contributed by atoms with Gasteiger partial charge in [-0.3, -0.25) is 4.99 Å². The summed E-state index contributed by atoms with van der Waals surface area (Å²) >= 11 is 3.28. The zero-order valence-electron chi connectivity index (χ0n) is 8.26. The number of benzene rings is 1. The molecule has 0 N–H and O–H groups in total. The molecule has 0 aliphatic carbocycles. The minimum absolute atomic E-state index is 0.00880. The molecule has 16 heavy (non-hydrogen) atoms. The fourth-order valence-corrected chi connectivity index (χ4v) is 1.92. The van der Waals surface area contributed by atoms with Gasteiger partial charge in [0.15, 0.2) is 0 Å². The minimum Gasteiger partial charge on any atom is -0.288 e. The van der Waals surface area contributed by atoms with Gasteiger partial charge in [0, 0.05) is 16.6 Å². The molecule has 0 aromatic heterocycles. The average Bonchev–Trinajstić information content (AvgIpc) is 2.67. The van der Waals surface area contributed by atoms with E-state index in [-0.39, 0.29) is 13.0 Å². The van der Waals surface area contributed by atoms with Crippen molar-refractivity contribution < 1.29 is 13.2 Å². The van der Waals surface area contributed by atoms with Gasteiger partial charge in [0.1, 0.15) is 0 Å². The first-order valence-electron chi connectivity index (χ1n) is 4.83. The lowest BCUT2D eigenvalue weighted by Crippen LogP contribution is -2.23. The lowest BCUT2D eigenvalue weighted by Gasteiger charge is -2.12. The zero-order valence-corrected chi connectivity index (χ0v) is 9.85. The lowest BCUT2D eigenvalue weighted by atomic mass is 10.0. The Balaban J connectivity index is 2.12. The fourth-order valence-electron chi connectivity index (χ4n) is 1.65. The van der Waals surface area contributed by atoms with Crippen LogP contribution in [0.15, 0.2) is 33.7 Å². The zero-order chi connectivity index (χ0) is 11.8. The van der Waals surface area contributed by atoms with E-state index in [0.717, 1.165) is 10.0 Å². The SMILES string of the molecule is FC(F)(F)[C@@H]1CN=C(c2ccc(Br)cc2)C1. The van der Waals surface area contributed by atoms with E-state index in [1.54, 1.807) is 24.3 Å². The van der Waals surface area contributed by atoms with Crippen molar-refractivity contribution >= 4 is 21.6 Å². The second kappa shape index (κ2) is 4.20. The Labute approximate surface area is 99.5 Å². The van der Waals surface area contributed by atoms with E-state index < -0.39 is 12.1 Å². The summed E-state index contributed by atoms with van der Waals surface area (Å²) in [7, 11) is 0. The summed E-state index contributed by atoms with van der Waals surface area (Å²) < 4.78 is 38.2. The number of halogens is 4. The van der Waals surface area contributed by atoms with Crippen molar-refractivity contribution in [2.24, 2.45) is 10.9 Å². The number of hydrogen-bond donors (Lipinski definition) is 0. The number of alkyl halides is 3. The van der Waals surface area contributed by atoms with Gasteiger partial charge in [0.25, 0.3) is 0 Å². The Bertz CT molecular complexity index is 408. The number of aliphatic imine (C=N–C) groups is 1. The van der Waals surface area contributed by atoms with Crippen molar-refractivity contribution in [1.29, 1.82) is 0 Å². The molecule has 0 saturated carbocycles. The topological polar surface area (TPSA) is 12.4 Å². The van der Waals surface area contributed by atoms with Crippen LogP contribution in [0.1, 0.15) is 12.0 Å². The lowest BCUT2D eigenvalue weighted by molar-refractivity contribution is -0.167. The third-order valence-corrected chi connectivity index (χ3v) is 3.11. The number of nitrogens with zero attached hydrogens (tertiary/aromatic N) is 1. The van der Waals surface area contributed by atoms with Crippen LogP contribution in [-0.4, -0.2) is 18.4 Å². The van der Waals surface area contributed by atoms with E-state index in [1.807, 2.05) is 0 Å². The predicted molar refractivity (Wildman–Crippen MR) is 59.7 cm³/mol. The molecule has 1 atom stereocenters. The molecule has 1 aliphatic heterocycles. The second-order valence-corrected chi connectivity index (χ2v) is 4.65. The first-order chi connectivity index (χ1) is 7.47. The molecule has 0 unspecified atom stereocenters. The summed E-state index contributed by atoms with van der Waals surface area (Å²) in [5.41, 5.74) is 1.32. The summed E-state index contributed by atoms with van der Waals surface area (Å²) in [6.07, 6.45) is -4.15. The van der Waals surface area contributed by atoms with E-state index in [9.17, 15) is 13.2 Å². The maximum absolute atomic E-state index is 12.4. The normalized spacial score (nSPS) is 21.0. The molecule has 2 rings (SSSR count). The van der Waals surface area contributed by atoms with Gasteiger partial charge < -0.3 is 0 Å². The third-order valence-electron chi connectivity index (χ3n) is 2.58. The van der Waals surface area contributed by atoms with Crippen LogP contribution in [0.25, 0.3) is 0 Å². The summed E-state index contributed by atoms with van der Waals surface area (Å²) in [5.74, 6) is -1.31. The Morgan fingerprint density at radius 2 is 1.81 bits per heavy atom. The molecule has 1 nitrogen and oxygen atoms in total. The average molecular weight is 292 g/mol. The van der Waals surface area contributed by atoms with Gasteiger partial charge >= 0.3 is 6.18 Å². The molecular weight excluding hydrogens is 283 g/mol. The van der Waals surface area contributed by atoms with Gasteiger partial charge in [0.05, 0.1) is 12.5 Å². The first-order valence-corrected chi connectivity index (χ1v) is 5.62. The summed E-state index contributed by atoms with van der Waals surface area (Å²) in [5, 5.41) is 0. The van der Waals surface area contributed by atoms with E-state index in [2.05, 4.69) is 20.9 Å². The highest BCUT2D eigenvalue weighted by Gasteiger charge is 2.42. The Morgan fingerprint density at radius 1 is 1.19 bits per heavy atom. The van der Waals surface area contributed by atoms with E-state index in [4.69, 9.17) is 0 Å². The summed E-state index contributed by atoms with van der Waals surface area (Å²) in [6, 6.07) is 7.17. The molecule has 1 aromatic rings. The van der Waals surface area contributed by atoms with Crippen molar-refractivity contribution in [3.05, 3.63) is 34.3 Å². The smallest absolute Gasteiger partial charge is 0.288 e. The Hall–Kier alpha value is -0.840. The highest BCUT2D eigenvalue weighted by molar-refractivity contribution is 9.10. The maximum atomic E-state index is 12.4. The molecule has 1 aromatic carbocycles. The predicted octanol–water partition coefficient (Wildman–Crippen LogP) is 3.82. The van der Waals surface area contributed by atoms with Crippen LogP contribution in [0.2, 0.25) is 0 Å². The molecule has 1 aliphatic rings. The van der Waals surface area contributed by atoms with Gasteiger partial charge in [-0.1, -0.05) is 28.1 Å². The van der Waals surface area contributed by atoms with Crippen LogP contribution < -0.4 is 0 Å². The molecule has 0 fully saturated rings. The number of rotatable bonds is 1. The van der Waals surface area contributed by atoms with Crippen LogP contribution >= 0.6 is 15.9 Å². The van der Waals surface area contributed by atoms with Crippen molar-refractivity contribution in [3.63, 3.8) is 0 Å². The van der Waals surface area contributed by atoms with Crippen LogP contribution in [0, 0.1) is 5.92 Å². The van der Waals surface area contributed by atoms with Gasteiger partial charge in [-0.05, 0) is 17.7 Å². The van der Waals surface area contributed by atoms with E-state index >= 15 is 0 Å². The maximum Gasteiger partial charge on any atom is 0.393 e. The van der Waals surface area contributed by atoms with Gasteiger partial charge in [-0.2, -0.15) is 13.2 Å². The van der Waals surface area contributed by atoms with Crippen LogP contribution in [0.4, 0.5) is 13.2 Å². The van der Waals surface area contributed by atoms with Crippen molar-refractivity contribution in [2.45, 2.75) is 12.6 Å². The van der Waals surface area contributed by atoms with Crippen LogP contribution in [0.3, 0.4) is 0 Å². The van der Waals surface area contributed by atoms with Gasteiger partial charge in [-0.15, -0.1) is 0 Å². The van der Waals surface area contributed by atoms with Crippen LogP contribution in [0.5, 0.6) is 0 Å². The largest absolute Gasteiger partial charge is 0.393 e. The fraction of sp³-hybridized carbons (Fsp3) is 0.364. The molecule has 0 bridgehead atoms. The molecular formula is C11H9BrF3N. The molecule has 0 amide bonds. The molecule has 0 radical (unpaired) electrons. The highest BCUT2D eigenvalue weighted by Crippen LogP contribution is 2.33. The van der Waals surface area contributed by atoms with E-state index in [0.29, 0.717) is 5.71 Å². The molecule has 1 heterocycles. The second-order valence-electron chi connectivity index (χ2n) is 3.74. The number of hydrogen-bond acceptors (Lipinski definition) is 1. The van der Waals surface area contributed by atoms with Gasteiger partial charge in [0.2, 0.25) is 0 Å². The Kier molecular flexibility index (Phi) is 3.06. The molecule has 0 saturated heterocycles. The molecule has 0 spiro atoms. The monoisotopic (exact) mass is 291 g/mol. The summed E-state index contributed by atoms with van der Waals surface area (Å²) in [4.78, 5) is 3.96. The van der Waals surface area contributed by atoms with Crippen molar-refractivity contribution in [1.82, 2.24) is 0 Å². The Morgan fingerprint density at radius 3 is 2.31 bits per heavy atom. The van der Waals surface area contributed by atoms with Crippen LogP contribution in [-0.2, 0) is 0 Å². The third kappa shape index (κ3) is 2.45. The van der Waals surface area contributed by atoms with Gasteiger partial charge in [-0.25, -0.2) is 0 Å². The highest BCUT2D eigenvalue weighted by atomic mass is 79.9. The minimum atomic E-state index is -4.14. The summed E-state index contributed by atoms with van der Waals surface area (Å²) in [6.45, 7) is -0.144. The first kappa shape index (κ1) is 11.6. The molecule has 86 valence electrons. The van der Waals surface area contributed by atoms with Crippen molar-refractivity contribution in [2.75, 3.05) is 6.54 Å².